The summed E-state index contributed by atoms with van der Waals surface area (Å²) in [6.07, 6.45) is 0.864. The summed E-state index contributed by atoms with van der Waals surface area (Å²) in [5.41, 5.74) is 1.00. The van der Waals surface area contributed by atoms with Crippen LogP contribution >= 0.6 is 0 Å². The number of nitrogens with one attached hydrogen (secondary N) is 1. The molecule has 1 aromatic carbocycles. The van der Waals surface area contributed by atoms with E-state index in [1.54, 1.807) is 24.3 Å². The number of rotatable bonds is 5. The molecule has 0 spiro atoms. The molecule has 0 aliphatic heterocycles. The predicted octanol–water partition coefficient (Wildman–Crippen LogP) is 0.862. The summed E-state index contributed by atoms with van der Waals surface area (Å²) in [5, 5.41) is 0. The quantitative estimate of drug-likeness (QED) is 0.599. The number of hydrogen-bond acceptors (Lipinski definition) is 3. The number of aldehydes is 1. The minimum atomic E-state index is -3.46. The lowest BCUT2D eigenvalue weighted by molar-refractivity contribution is -0.107. The molecule has 82 valence electrons. The Morgan fingerprint density at radius 2 is 1.87 bits per heavy atom. The summed E-state index contributed by atoms with van der Waals surface area (Å²) >= 11 is 0. The molecule has 1 aromatic rings. The highest BCUT2D eigenvalue weighted by Crippen LogP contribution is 2.09. The van der Waals surface area contributed by atoms with Gasteiger partial charge in [0.25, 0.3) is 0 Å². The minimum Gasteiger partial charge on any atom is -0.303 e. The lowest BCUT2D eigenvalue weighted by Gasteiger charge is -2.04. The molecule has 0 unspecified atom stereocenters. The molecule has 0 aliphatic rings. The van der Waals surface area contributed by atoms with E-state index < -0.39 is 10.0 Å². The Bertz CT molecular complexity index is 422. The summed E-state index contributed by atoms with van der Waals surface area (Å²) < 4.78 is 25.5. The molecule has 5 heteroatoms. The van der Waals surface area contributed by atoms with Gasteiger partial charge in [0.2, 0.25) is 10.0 Å². The summed E-state index contributed by atoms with van der Waals surface area (Å²) in [6.45, 7) is 2.02. The molecule has 0 bridgehead atoms. The third kappa shape index (κ3) is 3.45. The van der Waals surface area contributed by atoms with E-state index in [9.17, 15) is 13.2 Å². The third-order valence-electron chi connectivity index (χ3n) is 1.89. The van der Waals surface area contributed by atoms with Crippen molar-refractivity contribution in [2.24, 2.45) is 0 Å². The van der Waals surface area contributed by atoms with Crippen LogP contribution in [-0.2, 0) is 14.8 Å². The second kappa shape index (κ2) is 5.04. The Morgan fingerprint density at radius 3 is 2.40 bits per heavy atom. The number of benzene rings is 1. The van der Waals surface area contributed by atoms with Crippen molar-refractivity contribution in [1.82, 2.24) is 4.72 Å². The largest absolute Gasteiger partial charge is 0.303 e. The maximum atomic E-state index is 11.6. The second-order valence-electron chi connectivity index (χ2n) is 3.17. The molecule has 0 aromatic heterocycles. The predicted molar refractivity (Wildman–Crippen MR) is 57.0 cm³/mol. The number of carbonyl (C=O) groups is 1. The fraction of sp³-hybridized carbons (Fsp3) is 0.300. The van der Waals surface area contributed by atoms with Crippen molar-refractivity contribution >= 4 is 16.3 Å². The van der Waals surface area contributed by atoms with E-state index in [4.69, 9.17) is 0 Å². The van der Waals surface area contributed by atoms with Crippen molar-refractivity contribution < 1.29 is 13.2 Å². The van der Waals surface area contributed by atoms with Gasteiger partial charge in [-0.15, -0.1) is 0 Å². The molecule has 0 radical (unpaired) electrons. The van der Waals surface area contributed by atoms with Gasteiger partial charge < -0.3 is 4.79 Å². The summed E-state index contributed by atoms with van der Waals surface area (Å²) in [7, 11) is -3.46. The molecule has 15 heavy (non-hydrogen) atoms. The topological polar surface area (TPSA) is 63.2 Å². The standard InChI is InChI=1S/C10H13NO3S/c1-9-3-5-10(6-4-9)15(13,14)11-7-2-8-12/h3-6,8,11H,2,7H2,1H3. The van der Waals surface area contributed by atoms with E-state index in [-0.39, 0.29) is 17.9 Å². The first kappa shape index (κ1) is 11.9. The van der Waals surface area contributed by atoms with Gasteiger partial charge in [-0.3, -0.25) is 0 Å². The Morgan fingerprint density at radius 1 is 1.27 bits per heavy atom. The van der Waals surface area contributed by atoms with Crippen LogP contribution in [0.25, 0.3) is 0 Å². The summed E-state index contributed by atoms with van der Waals surface area (Å²) in [5.74, 6) is 0. The highest BCUT2D eigenvalue weighted by molar-refractivity contribution is 7.89. The Hall–Kier alpha value is -1.20. The van der Waals surface area contributed by atoms with Gasteiger partial charge in [-0.2, -0.15) is 0 Å². The van der Waals surface area contributed by atoms with Crippen molar-refractivity contribution in [3.05, 3.63) is 29.8 Å². The maximum absolute atomic E-state index is 11.6. The molecular weight excluding hydrogens is 214 g/mol. The zero-order valence-corrected chi connectivity index (χ0v) is 9.25. The van der Waals surface area contributed by atoms with Crippen LogP contribution in [0.4, 0.5) is 0 Å². The Labute approximate surface area is 89.4 Å². The minimum absolute atomic E-state index is 0.139. The fourth-order valence-electron chi connectivity index (χ4n) is 1.05. The molecule has 1 rings (SSSR count). The van der Waals surface area contributed by atoms with Gasteiger partial charge in [0.15, 0.2) is 0 Å². The van der Waals surface area contributed by atoms with Gasteiger partial charge in [-0.05, 0) is 19.1 Å². The van der Waals surface area contributed by atoms with Crippen LogP contribution in [0.3, 0.4) is 0 Å². The smallest absolute Gasteiger partial charge is 0.240 e. The van der Waals surface area contributed by atoms with Gasteiger partial charge in [-0.1, -0.05) is 17.7 Å². The molecule has 0 saturated carbocycles. The zero-order chi connectivity index (χ0) is 11.3. The summed E-state index contributed by atoms with van der Waals surface area (Å²) in [6, 6.07) is 6.54. The van der Waals surface area contributed by atoms with Gasteiger partial charge in [0.05, 0.1) is 4.90 Å². The van der Waals surface area contributed by atoms with E-state index in [0.717, 1.165) is 5.56 Å². The number of carbonyl (C=O) groups excluding carboxylic acids is 1. The normalized spacial score (nSPS) is 11.3. The van der Waals surface area contributed by atoms with Crippen molar-refractivity contribution in [1.29, 1.82) is 0 Å². The van der Waals surface area contributed by atoms with E-state index in [2.05, 4.69) is 4.72 Å². The molecule has 0 fully saturated rings. The second-order valence-corrected chi connectivity index (χ2v) is 4.93. The SMILES string of the molecule is Cc1ccc(S(=O)(=O)NCCC=O)cc1. The zero-order valence-electron chi connectivity index (χ0n) is 8.43. The fourth-order valence-corrected chi connectivity index (χ4v) is 2.10. The van der Waals surface area contributed by atoms with E-state index in [0.29, 0.717) is 6.29 Å². The molecule has 1 N–H and O–H groups in total. The molecule has 0 heterocycles. The molecule has 0 saturated heterocycles. The first-order valence-corrected chi connectivity index (χ1v) is 6.04. The Balaban J connectivity index is 2.77. The van der Waals surface area contributed by atoms with Crippen LogP contribution in [0.1, 0.15) is 12.0 Å². The van der Waals surface area contributed by atoms with Crippen molar-refractivity contribution in [2.75, 3.05) is 6.54 Å². The van der Waals surface area contributed by atoms with E-state index in [1.807, 2.05) is 6.92 Å². The van der Waals surface area contributed by atoms with Crippen molar-refractivity contribution in [3.8, 4) is 0 Å². The number of aryl methyl sites for hydroxylation is 1. The van der Waals surface area contributed by atoms with Crippen LogP contribution < -0.4 is 4.72 Å². The first-order valence-electron chi connectivity index (χ1n) is 4.56. The molecule has 4 nitrogen and oxygen atoms in total. The van der Waals surface area contributed by atoms with Crippen LogP contribution in [0.15, 0.2) is 29.2 Å². The van der Waals surface area contributed by atoms with Gasteiger partial charge >= 0.3 is 0 Å². The maximum Gasteiger partial charge on any atom is 0.240 e. The van der Waals surface area contributed by atoms with Crippen LogP contribution in [-0.4, -0.2) is 21.2 Å². The molecule has 0 amide bonds. The van der Waals surface area contributed by atoms with E-state index in [1.165, 1.54) is 0 Å². The highest BCUT2D eigenvalue weighted by atomic mass is 32.2. The molecule has 0 aliphatic carbocycles. The highest BCUT2D eigenvalue weighted by Gasteiger charge is 2.11. The van der Waals surface area contributed by atoms with Gasteiger partial charge in [0, 0.05) is 13.0 Å². The monoisotopic (exact) mass is 227 g/mol. The van der Waals surface area contributed by atoms with E-state index >= 15 is 0 Å². The van der Waals surface area contributed by atoms with Crippen molar-refractivity contribution in [3.63, 3.8) is 0 Å². The van der Waals surface area contributed by atoms with Crippen LogP contribution in [0.5, 0.6) is 0 Å². The molecular formula is C10H13NO3S. The van der Waals surface area contributed by atoms with Crippen LogP contribution in [0.2, 0.25) is 0 Å². The Kier molecular flexibility index (Phi) is 3.99. The lowest BCUT2D eigenvalue weighted by Crippen LogP contribution is -2.24. The lowest BCUT2D eigenvalue weighted by atomic mass is 10.2. The average molecular weight is 227 g/mol. The average Bonchev–Trinajstić information content (AvgIpc) is 2.18. The number of hydrogen-bond donors (Lipinski definition) is 1. The first-order chi connectivity index (χ1) is 7.06. The summed E-state index contributed by atoms with van der Waals surface area (Å²) in [4.78, 5) is 10.3. The number of sulfonamides is 1. The van der Waals surface area contributed by atoms with Gasteiger partial charge in [0.1, 0.15) is 6.29 Å². The van der Waals surface area contributed by atoms with Gasteiger partial charge in [-0.25, -0.2) is 13.1 Å². The molecule has 0 atom stereocenters. The van der Waals surface area contributed by atoms with Crippen LogP contribution in [0, 0.1) is 6.92 Å². The van der Waals surface area contributed by atoms with Crippen molar-refractivity contribution in [2.45, 2.75) is 18.2 Å². The third-order valence-corrected chi connectivity index (χ3v) is 3.36.